The maximum absolute atomic E-state index is 11.5. The summed E-state index contributed by atoms with van der Waals surface area (Å²) in [6.07, 6.45) is 2.12. The molecule has 0 unspecified atom stereocenters. The number of benzene rings is 1. The molecule has 5 heteroatoms. The molecule has 1 aliphatic heterocycles. The smallest absolute Gasteiger partial charge is 0.344 e. The molecule has 0 fully saturated rings. The first kappa shape index (κ1) is 12.2. The van der Waals surface area contributed by atoms with E-state index in [-0.39, 0.29) is 5.91 Å². The van der Waals surface area contributed by atoms with E-state index in [0.29, 0.717) is 0 Å². The van der Waals surface area contributed by atoms with E-state index in [4.69, 9.17) is 4.74 Å². The van der Waals surface area contributed by atoms with E-state index in [1.165, 1.54) is 4.88 Å². The van der Waals surface area contributed by atoms with Gasteiger partial charge in [-0.1, -0.05) is 0 Å². The summed E-state index contributed by atoms with van der Waals surface area (Å²) in [5, 5.41) is 1.03. The first-order valence-corrected chi connectivity index (χ1v) is 6.96. The molecule has 0 bridgehead atoms. The van der Waals surface area contributed by atoms with E-state index in [2.05, 4.69) is 10.8 Å². The number of nitrogens with zero attached hydrogens (tertiary/aromatic N) is 2. The third kappa shape index (κ3) is 2.10. The number of fused-ring (bicyclic) bond motifs is 1. The van der Waals surface area contributed by atoms with Gasteiger partial charge in [-0.15, -0.1) is 0 Å². The van der Waals surface area contributed by atoms with Crippen molar-refractivity contribution in [3.05, 3.63) is 30.5 Å². The van der Waals surface area contributed by atoms with Gasteiger partial charge in [0, 0.05) is 6.92 Å². The third-order valence-electron chi connectivity index (χ3n) is 3.27. The molecule has 0 aliphatic carbocycles. The molecular formula is C14H15N2O2S+. The SMILES string of the molecule is COc1ccc(-c2c[n+]3c(s2)N(C(C)=O)CC3)cc1. The molecule has 2 aromatic rings. The van der Waals surface area contributed by atoms with Crippen LogP contribution in [0.2, 0.25) is 0 Å². The Hall–Kier alpha value is -1.88. The van der Waals surface area contributed by atoms with Crippen molar-refractivity contribution in [3.8, 4) is 16.2 Å². The van der Waals surface area contributed by atoms with E-state index in [1.807, 2.05) is 29.2 Å². The zero-order valence-corrected chi connectivity index (χ0v) is 11.7. The molecule has 1 aromatic heterocycles. The molecule has 0 spiro atoms. The zero-order chi connectivity index (χ0) is 13.4. The lowest BCUT2D eigenvalue weighted by molar-refractivity contribution is -0.666. The monoisotopic (exact) mass is 275 g/mol. The number of hydrogen-bond acceptors (Lipinski definition) is 3. The van der Waals surface area contributed by atoms with E-state index < -0.39 is 0 Å². The fourth-order valence-electron chi connectivity index (χ4n) is 2.23. The number of hydrogen-bond donors (Lipinski definition) is 0. The van der Waals surface area contributed by atoms with Crippen LogP contribution < -0.4 is 14.2 Å². The van der Waals surface area contributed by atoms with Crippen molar-refractivity contribution in [2.75, 3.05) is 18.6 Å². The van der Waals surface area contributed by atoms with Gasteiger partial charge < -0.3 is 4.74 Å². The van der Waals surface area contributed by atoms with Crippen LogP contribution in [0.3, 0.4) is 0 Å². The highest BCUT2D eigenvalue weighted by Gasteiger charge is 2.34. The van der Waals surface area contributed by atoms with Crippen LogP contribution in [-0.4, -0.2) is 19.6 Å². The number of ether oxygens (including phenoxy) is 1. The maximum Gasteiger partial charge on any atom is 0.344 e. The lowest BCUT2D eigenvalue weighted by Gasteiger charge is -2.02. The number of anilines is 1. The van der Waals surface area contributed by atoms with Crippen molar-refractivity contribution < 1.29 is 14.1 Å². The number of thiazole rings is 1. The molecule has 0 saturated heterocycles. The molecular weight excluding hydrogens is 260 g/mol. The van der Waals surface area contributed by atoms with Gasteiger partial charge in [-0.2, -0.15) is 4.90 Å². The summed E-state index contributed by atoms with van der Waals surface area (Å²) in [5.74, 6) is 0.959. The fourth-order valence-corrected chi connectivity index (χ4v) is 3.46. The van der Waals surface area contributed by atoms with Crippen LogP contribution in [0.4, 0.5) is 5.13 Å². The Morgan fingerprint density at radius 2 is 2.11 bits per heavy atom. The van der Waals surface area contributed by atoms with Crippen molar-refractivity contribution in [1.29, 1.82) is 0 Å². The molecule has 1 aromatic carbocycles. The van der Waals surface area contributed by atoms with E-state index in [9.17, 15) is 4.79 Å². The standard InChI is InChI=1S/C14H15N2O2S/c1-10(17)16-8-7-15-9-13(19-14(15)16)11-3-5-12(18-2)6-4-11/h3-6,9H,7-8H2,1-2H3/q+1. The number of methoxy groups -OCH3 is 1. The molecule has 0 N–H and O–H groups in total. The summed E-state index contributed by atoms with van der Waals surface area (Å²) in [5.41, 5.74) is 1.15. The minimum atomic E-state index is 0.106. The second-order valence-electron chi connectivity index (χ2n) is 4.47. The van der Waals surface area contributed by atoms with Gasteiger partial charge in [-0.3, -0.25) is 0 Å². The number of amides is 1. The van der Waals surface area contributed by atoms with Gasteiger partial charge in [0.05, 0.1) is 12.0 Å². The van der Waals surface area contributed by atoms with Gasteiger partial charge in [0.15, 0.2) is 0 Å². The largest absolute Gasteiger partial charge is 0.497 e. The van der Waals surface area contributed by atoms with Gasteiger partial charge in [0.1, 0.15) is 25.0 Å². The molecule has 19 heavy (non-hydrogen) atoms. The summed E-state index contributed by atoms with van der Waals surface area (Å²) < 4.78 is 7.30. The predicted molar refractivity (Wildman–Crippen MR) is 74.5 cm³/mol. The molecule has 0 radical (unpaired) electrons. The Bertz CT molecular complexity index is 619. The summed E-state index contributed by atoms with van der Waals surface area (Å²) >= 11 is 1.65. The molecule has 4 nitrogen and oxygen atoms in total. The molecule has 1 amide bonds. The Morgan fingerprint density at radius 1 is 1.37 bits per heavy atom. The second-order valence-corrected chi connectivity index (χ2v) is 5.48. The van der Waals surface area contributed by atoms with Crippen molar-refractivity contribution in [3.63, 3.8) is 0 Å². The van der Waals surface area contributed by atoms with Crippen LogP contribution in [0.1, 0.15) is 6.92 Å². The van der Waals surface area contributed by atoms with Crippen molar-refractivity contribution in [1.82, 2.24) is 0 Å². The molecule has 2 heterocycles. The first-order chi connectivity index (χ1) is 9.19. The summed E-state index contributed by atoms with van der Waals surface area (Å²) in [6.45, 7) is 3.27. The van der Waals surface area contributed by atoms with Crippen LogP contribution in [0, 0.1) is 0 Å². The van der Waals surface area contributed by atoms with Gasteiger partial charge in [-0.25, -0.2) is 9.36 Å². The van der Waals surface area contributed by atoms with E-state index >= 15 is 0 Å². The Labute approximate surface area is 115 Å². The first-order valence-electron chi connectivity index (χ1n) is 6.15. The average Bonchev–Trinajstić information content (AvgIpc) is 2.98. The van der Waals surface area contributed by atoms with E-state index in [1.54, 1.807) is 25.4 Å². The molecule has 0 saturated carbocycles. The lowest BCUT2D eigenvalue weighted by atomic mass is 10.2. The van der Waals surface area contributed by atoms with E-state index in [0.717, 1.165) is 29.5 Å². The van der Waals surface area contributed by atoms with Crippen molar-refractivity contribution in [2.45, 2.75) is 13.5 Å². The minimum Gasteiger partial charge on any atom is -0.497 e. The van der Waals surface area contributed by atoms with Gasteiger partial charge in [0.25, 0.3) is 0 Å². The zero-order valence-electron chi connectivity index (χ0n) is 10.9. The fraction of sp³-hybridized carbons (Fsp3) is 0.286. The Kier molecular flexibility index (Phi) is 2.98. The van der Waals surface area contributed by atoms with Crippen molar-refractivity contribution in [2.24, 2.45) is 0 Å². The topological polar surface area (TPSA) is 33.4 Å². The third-order valence-corrected chi connectivity index (χ3v) is 4.47. The number of carbonyl (C=O) groups excluding carboxylic acids is 1. The van der Waals surface area contributed by atoms with Crippen LogP contribution in [0.15, 0.2) is 30.5 Å². The quantitative estimate of drug-likeness (QED) is 0.786. The van der Waals surface area contributed by atoms with Crippen LogP contribution in [0.25, 0.3) is 10.4 Å². The summed E-state index contributed by atoms with van der Waals surface area (Å²) in [4.78, 5) is 14.5. The highest BCUT2D eigenvalue weighted by Crippen LogP contribution is 2.32. The number of rotatable bonds is 2. The Balaban J connectivity index is 1.95. The molecule has 98 valence electrons. The van der Waals surface area contributed by atoms with Gasteiger partial charge >= 0.3 is 11.0 Å². The normalized spacial score (nSPS) is 13.5. The van der Waals surface area contributed by atoms with Crippen LogP contribution >= 0.6 is 11.3 Å². The highest BCUT2D eigenvalue weighted by molar-refractivity contribution is 7.18. The summed E-state index contributed by atoms with van der Waals surface area (Å²) in [6, 6.07) is 7.98. The van der Waals surface area contributed by atoms with Crippen molar-refractivity contribution >= 4 is 22.4 Å². The average molecular weight is 275 g/mol. The van der Waals surface area contributed by atoms with Crippen LogP contribution in [0.5, 0.6) is 5.75 Å². The maximum atomic E-state index is 11.5. The molecule has 3 rings (SSSR count). The van der Waals surface area contributed by atoms with Crippen LogP contribution in [-0.2, 0) is 11.3 Å². The molecule has 1 aliphatic rings. The molecule has 0 atom stereocenters. The Morgan fingerprint density at radius 3 is 2.74 bits per heavy atom. The summed E-state index contributed by atoms with van der Waals surface area (Å²) in [7, 11) is 1.66. The lowest BCUT2D eigenvalue weighted by Crippen LogP contribution is -2.28. The highest BCUT2D eigenvalue weighted by atomic mass is 32.1. The van der Waals surface area contributed by atoms with Gasteiger partial charge in [0.2, 0.25) is 0 Å². The van der Waals surface area contributed by atoms with Gasteiger partial charge in [-0.05, 0) is 41.2 Å². The number of aromatic nitrogens is 1. The second kappa shape index (κ2) is 4.66. The predicted octanol–water partition coefficient (Wildman–Crippen LogP) is 2.08. The minimum absolute atomic E-state index is 0.106. The number of carbonyl (C=O) groups is 1.